The molecule has 1 saturated carbocycles. The predicted octanol–water partition coefficient (Wildman–Crippen LogP) is 4.21. The highest BCUT2D eigenvalue weighted by Gasteiger charge is 2.32. The first kappa shape index (κ1) is 11.6. The van der Waals surface area contributed by atoms with E-state index < -0.39 is 0 Å². The van der Waals surface area contributed by atoms with E-state index in [1.165, 1.54) is 32.1 Å². The third-order valence-corrected chi connectivity index (χ3v) is 4.32. The average molecular weight is 244 g/mol. The van der Waals surface area contributed by atoms with Crippen molar-refractivity contribution in [3.8, 4) is 0 Å². The van der Waals surface area contributed by atoms with Crippen LogP contribution in [0.4, 0.5) is 6.01 Å². The van der Waals surface area contributed by atoms with Crippen LogP contribution in [0, 0.1) is 5.41 Å². The maximum absolute atomic E-state index is 5.70. The lowest BCUT2D eigenvalue weighted by Gasteiger charge is -2.27. The van der Waals surface area contributed by atoms with Crippen molar-refractivity contribution in [1.82, 2.24) is 4.98 Å². The van der Waals surface area contributed by atoms with Crippen molar-refractivity contribution < 1.29 is 4.42 Å². The summed E-state index contributed by atoms with van der Waals surface area (Å²) in [7, 11) is 0. The molecule has 1 heterocycles. The molecule has 1 N–H and O–H groups in total. The van der Waals surface area contributed by atoms with Crippen molar-refractivity contribution in [1.29, 1.82) is 0 Å². The normalized spacial score (nSPS) is 18.3. The van der Waals surface area contributed by atoms with Crippen LogP contribution < -0.4 is 5.32 Å². The number of rotatable bonds is 4. The molecule has 0 radical (unpaired) electrons. The maximum atomic E-state index is 5.70. The highest BCUT2D eigenvalue weighted by molar-refractivity contribution is 5.74. The molecule has 0 bridgehead atoms. The molecular weight excluding hydrogens is 224 g/mol. The van der Waals surface area contributed by atoms with Gasteiger partial charge in [-0.1, -0.05) is 31.9 Å². The van der Waals surface area contributed by atoms with Gasteiger partial charge >= 0.3 is 0 Å². The fourth-order valence-electron chi connectivity index (χ4n) is 2.99. The van der Waals surface area contributed by atoms with Crippen molar-refractivity contribution in [2.24, 2.45) is 5.41 Å². The Balaban J connectivity index is 1.72. The Kier molecular flexibility index (Phi) is 2.98. The Morgan fingerprint density at radius 3 is 2.78 bits per heavy atom. The van der Waals surface area contributed by atoms with E-state index in [2.05, 4.69) is 17.2 Å². The van der Waals surface area contributed by atoms with Gasteiger partial charge < -0.3 is 9.73 Å². The van der Waals surface area contributed by atoms with Gasteiger partial charge in [-0.3, -0.25) is 0 Å². The Bertz CT molecular complexity index is 493. The van der Waals surface area contributed by atoms with E-state index in [0.717, 1.165) is 17.6 Å². The molecule has 1 aliphatic rings. The highest BCUT2D eigenvalue weighted by Crippen LogP contribution is 2.40. The molecule has 2 aromatic rings. The van der Waals surface area contributed by atoms with Crippen LogP contribution in [-0.2, 0) is 0 Å². The molecule has 0 spiro atoms. The minimum absolute atomic E-state index is 0.459. The number of hydrogen-bond acceptors (Lipinski definition) is 3. The van der Waals surface area contributed by atoms with Gasteiger partial charge in [0.2, 0.25) is 0 Å². The molecule has 0 saturated heterocycles. The molecule has 3 nitrogen and oxygen atoms in total. The minimum atomic E-state index is 0.459. The van der Waals surface area contributed by atoms with Gasteiger partial charge in [-0.25, -0.2) is 0 Å². The predicted molar refractivity (Wildman–Crippen MR) is 73.7 cm³/mol. The average Bonchev–Trinajstić information content (AvgIpc) is 3.03. The molecule has 0 unspecified atom stereocenters. The first-order valence-electron chi connectivity index (χ1n) is 6.91. The van der Waals surface area contributed by atoms with Crippen molar-refractivity contribution >= 4 is 17.1 Å². The molecule has 0 amide bonds. The van der Waals surface area contributed by atoms with Crippen LogP contribution in [0.2, 0.25) is 0 Å². The number of para-hydroxylation sites is 2. The number of fused-ring (bicyclic) bond motifs is 1. The van der Waals surface area contributed by atoms with Gasteiger partial charge in [-0.15, -0.1) is 0 Å². The second kappa shape index (κ2) is 4.63. The topological polar surface area (TPSA) is 38.1 Å². The first-order chi connectivity index (χ1) is 8.81. The molecule has 3 heteroatoms. The number of anilines is 1. The maximum Gasteiger partial charge on any atom is 0.295 e. The van der Waals surface area contributed by atoms with Crippen LogP contribution in [0.25, 0.3) is 11.1 Å². The summed E-state index contributed by atoms with van der Waals surface area (Å²) in [5.74, 6) is 0. The summed E-state index contributed by atoms with van der Waals surface area (Å²) < 4.78 is 5.70. The number of benzene rings is 1. The van der Waals surface area contributed by atoms with Crippen molar-refractivity contribution in [3.05, 3.63) is 24.3 Å². The van der Waals surface area contributed by atoms with Gasteiger partial charge in [0.25, 0.3) is 6.01 Å². The Labute approximate surface area is 108 Å². The molecule has 0 aliphatic heterocycles. The van der Waals surface area contributed by atoms with Crippen molar-refractivity contribution in [2.45, 2.75) is 39.0 Å². The number of oxazole rings is 1. The molecule has 3 rings (SSSR count). The zero-order chi connectivity index (χ0) is 12.4. The smallest absolute Gasteiger partial charge is 0.295 e. The number of aromatic nitrogens is 1. The second-order valence-electron chi connectivity index (χ2n) is 5.40. The van der Waals surface area contributed by atoms with Gasteiger partial charge in [0.15, 0.2) is 5.58 Å². The van der Waals surface area contributed by atoms with Crippen LogP contribution in [0.1, 0.15) is 39.0 Å². The van der Waals surface area contributed by atoms with Gasteiger partial charge in [0, 0.05) is 6.54 Å². The van der Waals surface area contributed by atoms with Crippen LogP contribution >= 0.6 is 0 Å². The fourth-order valence-corrected chi connectivity index (χ4v) is 2.99. The Morgan fingerprint density at radius 2 is 2.06 bits per heavy atom. The quantitative estimate of drug-likeness (QED) is 0.875. The zero-order valence-corrected chi connectivity index (χ0v) is 10.9. The van der Waals surface area contributed by atoms with Gasteiger partial charge in [0.1, 0.15) is 5.52 Å². The van der Waals surface area contributed by atoms with Crippen molar-refractivity contribution in [2.75, 3.05) is 11.9 Å². The summed E-state index contributed by atoms with van der Waals surface area (Å²) in [6.07, 6.45) is 6.62. The SMILES string of the molecule is CCC1(CNc2nc3ccccc3o2)CCCC1. The second-order valence-corrected chi connectivity index (χ2v) is 5.40. The lowest BCUT2D eigenvalue weighted by Crippen LogP contribution is -2.25. The third kappa shape index (κ3) is 2.09. The monoisotopic (exact) mass is 244 g/mol. The molecule has 0 atom stereocenters. The van der Waals surface area contributed by atoms with Crippen LogP contribution in [0.3, 0.4) is 0 Å². The summed E-state index contributed by atoms with van der Waals surface area (Å²) in [4.78, 5) is 4.46. The number of nitrogens with one attached hydrogen (secondary N) is 1. The van der Waals surface area contributed by atoms with E-state index in [9.17, 15) is 0 Å². The van der Waals surface area contributed by atoms with E-state index in [1.807, 2.05) is 24.3 Å². The molecule has 96 valence electrons. The van der Waals surface area contributed by atoms with Gasteiger partial charge in [-0.05, 0) is 36.8 Å². The molecular formula is C15H20N2O. The van der Waals surface area contributed by atoms with E-state index in [1.54, 1.807) is 0 Å². The summed E-state index contributed by atoms with van der Waals surface area (Å²) in [5.41, 5.74) is 2.25. The molecule has 1 aliphatic carbocycles. The van der Waals surface area contributed by atoms with Crippen molar-refractivity contribution in [3.63, 3.8) is 0 Å². The lowest BCUT2D eigenvalue weighted by atomic mass is 9.83. The number of hydrogen-bond donors (Lipinski definition) is 1. The molecule has 1 aromatic heterocycles. The number of nitrogens with zero attached hydrogens (tertiary/aromatic N) is 1. The fraction of sp³-hybridized carbons (Fsp3) is 0.533. The van der Waals surface area contributed by atoms with E-state index >= 15 is 0 Å². The van der Waals surface area contributed by atoms with Crippen LogP contribution in [-0.4, -0.2) is 11.5 Å². The van der Waals surface area contributed by atoms with Crippen LogP contribution in [0.15, 0.2) is 28.7 Å². The standard InChI is InChI=1S/C15H20N2O/c1-2-15(9-5-6-10-15)11-16-14-17-12-7-3-4-8-13(12)18-14/h3-4,7-8H,2,5-6,9-11H2,1H3,(H,16,17). The van der Waals surface area contributed by atoms with E-state index in [-0.39, 0.29) is 0 Å². The molecule has 18 heavy (non-hydrogen) atoms. The minimum Gasteiger partial charge on any atom is -0.424 e. The summed E-state index contributed by atoms with van der Waals surface area (Å²) in [5, 5.41) is 3.39. The summed E-state index contributed by atoms with van der Waals surface area (Å²) in [6.45, 7) is 3.27. The highest BCUT2D eigenvalue weighted by atomic mass is 16.4. The third-order valence-electron chi connectivity index (χ3n) is 4.32. The van der Waals surface area contributed by atoms with Gasteiger partial charge in [-0.2, -0.15) is 4.98 Å². The lowest BCUT2D eigenvalue weighted by molar-refractivity contribution is 0.304. The van der Waals surface area contributed by atoms with Crippen LogP contribution in [0.5, 0.6) is 0 Å². The first-order valence-corrected chi connectivity index (χ1v) is 6.91. The molecule has 1 aromatic carbocycles. The Hall–Kier alpha value is -1.51. The Morgan fingerprint density at radius 1 is 1.28 bits per heavy atom. The summed E-state index contributed by atoms with van der Waals surface area (Å²) >= 11 is 0. The molecule has 1 fully saturated rings. The largest absolute Gasteiger partial charge is 0.424 e. The summed E-state index contributed by atoms with van der Waals surface area (Å²) in [6, 6.07) is 8.56. The zero-order valence-electron chi connectivity index (χ0n) is 10.9. The van der Waals surface area contributed by atoms with Gasteiger partial charge in [0.05, 0.1) is 0 Å². The van der Waals surface area contributed by atoms with E-state index in [4.69, 9.17) is 4.42 Å². The van der Waals surface area contributed by atoms with E-state index in [0.29, 0.717) is 11.4 Å².